The lowest BCUT2D eigenvalue weighted by molar-refractivity contribution is -0.122. The third-order valence-electron chi connectivity index (χ3n) is 4.45. The van der Waals surface area contributed by atoms with Crippen LogP contribution in [0.15, 0.2) is 11.2 Å². The van der Waals surface area contributed by atoms with Crippen molar-refractivity contribution in [1.29, 1.82) is 0 Å². The quantitative estimate of drug-likeness (QED) is 0.469. The Balaban J connectivity index is 1.68. The summed E-state index contributed by atoms with van der Waals surface area (Å²) in [6, 6.07) is 0.388. The topological polar surface area (TPSA) is 81.7 Å². The van der Waals surface area contributed by atoms with E-state index in [1.807, 2.05) is 6.20 Å². The molecule has 1 fully saturated rings. The van der Waals surface area contributed by atoms with Gasteiger partial charge in [-0.2, -0.15) is 0 Å². The number of carbonyl (C=O) groups is 1. The van der Waals surface area contributed by atoms with E-state index < -0.39 is 0 Å². The molecule has 0 spiro atoms. The van der Waals surface area contributed by atoms with E-state index in [-0.39, 0.29) is 5.91 Å². The van der Waals surface area contributed by atoms with E-state index in [0.717, 1.165) is 56.3 Å². The van der Waals surface area contributed by atoms with Crippen molar-refractivity contribution < 1.29 is 4.79 Å². The molecule has 0 saturated carbocycles. The van der Waals surface area contributed by atoms with Gasteiger partial charge in [0.15, 0.2) is 5.96 Å². The van der Waals surface area contributed by atoms with Crippen molar-refractivity contribution >= 4 is 23.2 Å². The zero-order valence-electron chi connectivity index (χ0n) is 16.2. The number of nitrogens with zero attached hydrogens (tertiary/aromatic N) is 3. The number of amides is 1. The molecule has 0 aromatic carbocycles. The van der Waals surface area contributed by atoms with Crippen molar-refractivity contribution in [3.8, 4) is 0 Å². The molecular weight excluding hydrogens is 348 g/mol. The first-order chi connectivity index (χ1) is 12.6. The lowest BCUT2D eigenvalue weighted by Crippen LogP contribution is -2.50. The molecule has 146 valence electrons. The van der Waals surface area contributed by atoms with Crippen molar-refractivity contribution in [2.45, 2.75) is 52.1 Å². The molecule has 1 aliphatic heterocycles. The maximum Gasteiger partial charge on any atom is 0.234 e. The zero-order valence-corrected chi connectivity index (χ0v) is 17.0. The highest BCUT2D eigenvalue weighted by Gasteiger charge is 2.21. The molecule has 0 atom stereocenters. The summed E-state index contributed by atoms with van der Waals surface area (Å²) in [6.45, 7) is 8.03. The lowest BCUT2D eigenvalue weighted by atomic mass is 10.1. The molecule has 26 heavy (non-hydrogen) atoms. The van der Waals surface area contributed by atoms with Crippen molar-refractivity contribution in [3.63, 3.8) is 0 Å². The fourth-order valence-corrected chi connectivity index (χ4v) is 3.70. The number of hydrogen-bond donors (Lipinski definition) is 3. The van der Waals surface area contributed by atoms with Crippen LogP contribution in [0.25, 0.3) is 0 Å². The smallest absolute Gasteiger partial charge is 0.234 e. The molecule has 0 bridgehead atoms. The largest absolute Gasteiger partial charge is 0.355 e. The number of nitrogens with one attached hydrogen (secondary N) is 3. The van der Waals surface area contributed by atoms with Gasteiger partial charge in [0.1, 0.15) is 5.01 Å². The van der Waals surface area contributed by atoms with Gasteiger partial charge >= 0.3 is 0 Å². The normalized spacial score (nSPS) is 16.5. The number of thiazole rings is 1. The molecule has 1 aliphatic rings. The van der Waals surface area contributed by atoms with Crippen LogP contribution in [0.3, 0.4) is 0 Å². The summed E-state index contributed by atoms with van der Waals surface area (Å²) in [7, 11) is 1.79. The van der Waals surface area contributed by atoms with Crippen LogP contribution in [0.4, 0.5) is 0 Å². The van der Waals surface area contributed by atoms with Crippen LogP contribution in [0.1, 0.15) is 43.0 Å². The van der Waals surface area contributed by atoms with E-state index in [1.165, 1.54) is 4.88 Å². The summed E-state index contributed by atoms with van der Waals surface area (Å²) < 4.78 is 0. The third kappa shape index (κ3) is 6.92. The number of piperidine rings is 1. The van der Waals surface area contributed by atoms with Crippen LogP contribution < -0.4 is 16.0 Å². The second-order valence-electron chi connectivity index (χ2n) is 6.54. The predicted octanol–water partition coefficient (Wildman–Crippen LogP) is 1.36. The molecule has 0 radical (unpaired) electrons. The Bertz CT molecular complexity index is 580. The van der Waals surface area contributed by atoms with E-state index in [2.05, 4.69) is 44.7 Å². The second-order valence-corrected chi connectivity index (χ2v) is 7.74. The summed E-state index contributed by atoms with van der Waals surface area (Å²) in [5.74, 6) is 0.947. The minimum Gasteiger partial charge on any atom is -0.355 e. The van der Waals surface area contributed by atoms with Gasteiger partial charge in [-0.15, -0.1) is 11.3 Å². The number of aliphatic imine (C=N–C) groups is 1. The van der Waals surface area contributed by atoms with Crippen molar-refractivity contribution in [2.24, 2.45) is 4.99 Å². The Morgan fingerprint density at radius 3 is 2.73 bits per heavy atom. The molecule has 1 aromatic heterocycles. The zero-order chi connectivity index (χ0) is 18.8. The Hall–Kier alpha value is -1.67. The van der Waals surface area contributed by atoms with Gasteiger partial charge in [0.05, 0.1) is 13.1 Å². The standard InChI is InChI=1S/C18H32N6OS/c1-4-8-20-16(25)13-24-9-6-14(7-10-24)23-18(19-3)22-12-17-21-11-15(5-2)26-17/h11,14H,4-10,12-13H2,1-3H3,(H,20,25)(H2,19,22,23). The first kappa shape index (κ1) is 20.6. The maximum absolute atomic E-state index is 11.8. The van der Waals surface area contributed by atoms with Gasteiger partial charge in [-0.25, -0.2) is 4.98 Å². The molecule has 1 aromatic rings. The van der Waals surface area contributed by atoms with E-state index >= 15 is 0 Å². The third-order valence-corrected chi connectivity index (χ3v) is 5.59. The van der Waals surface area contributed by atoms with Crippen LogP contribution in [0.2, 0.25) is 0 Å². The molecule has 8 heteroatoms. The Morgan fingerprint density at radius 2 is 2.12 bits per heavy atom. The fraction of sp³-hybridized carbons (Fsp3) is 0.722. The van der Waals surface area contributed by atoms with Crippen LogP contribution in [-0.2, 0) is 17.8 Å². The Morgan fingerprint density at radius 1 is 1.35 bits per heavy atom. The van der Waals surface area contributed by atoms with Gasteiger partial charge in [-0.3, -0.25) is 14.7 Å². The molecule has 0 unspecified atom stereocenters. The van der Waals surface area contributed by atoms with Gasteiger partial charge in [-0.1, -0.05) is 13.8 Å². The average molecular weight is 381 g/mol. The van der Waals surface area contributed by atoms with E-state index in [9.17, 15) is 4.79 Å². The molecule has 1 amide bonds. The van der Waals surface area contributed by atoms with Crippen LogP contribution in [-0.4, -0.2) is 61.0 Å². The highest BCUT2D eigenvalue weighted by molar-refractivity contribution is 7.11. The minimum atomic E-state index is 0.130. The van der Waals surface area contributed by atoms with Crippen molar-refractivity contribution in [2.75, 3.05) is 33.2 Å². The highest BCUT2D eigenvalue weighted by atomic mass is 32.1. The molecule has 7 nitrogen and oxygen atoms in total. The van der Waals surface area contributed by atoms with E-state index in [4.69, 9.17) is 0 Å². The Labute approximate surface area is 160 Å². The van der Waals surface area contributed by atoms with E-state index in [0.29, 0.717) is 19.1 Å². The number of likely N-dealkylation sites (tertiary alicyclic amines) is 1. The molecule has 3 N–H and O–H groups in total. The monoisotopic (exact) mass is 380 g/mol. The van der Waals surface area contributed by atoms with Crippen LogP contribution in [0.5, 0.6) is 0 Å². The predicted molar refractivity (Wildman–Crippen MR) is 108 cm³/mol. The Kier molecular flexibility index (Phi) is 8.84. The first-order valence-electron chi connectivity index (χ1n) is 9.54. The summed E-state index contributed by atoms with van der Waals surface area (Å²) in [6.07, 6.45) is 5.98. The van der Waals surface area contributed by atoms with Gasteiger partial charge in [0.25, 0.3) is 0 Å². The maximum atomic E-state index is 11.8. The van der Waals surface area contributed by atoms with Gasteiger partial charge in [0, 0.05) is 43.8 Å². The number of aryl methyl sites for hydroxylation is 1. The number of hydrogen-bond acceptors (Lipinski definition) is 5. The van der Waals surface area contributed by atoms with Crippen molar-refractivity contribution in [3.05, 3.63) is 16.1 Å². The molecule has 2 heterocycles. The number of carbonyl (C=O) groups excluding carboxylic acids is 1. The average Bonchev–Trinajstić information content (AvgIpc) is 3.13. The molecule has 0 aliphatic carbocycles. The first-order valence-corrected chi connectivity index (χ1v) is 10.4. The second kappa shape index (κ2) is 11.1. The summed E-state index contributed by atoms with van der Waals surface area (Å²) in [5.41, 5.74) is 0. The fourth-order valence-electron chi connectivity index (χ4n) is 2.90. The van der Waals surface area contributed by atoms with Gasteiger partial charge < -0.3 is 16.0 Å². The van der Waals surface area contributed by atoms with Gasteiger partial charge in [0.2, 0.25) is 5.91 Å². The minimum absolute atomic E-state index is 0.130. The van der Waals surface area contributed by atoms with Crippen LogP contribution in [0, 0.1) is 0 Å². The molecular formula is C18H32N6OS. The van der Waals surface area contributed by atoms with Crippen LogP contribution >= 0.6 is 11.3 Å². The molecule has 2 rings (SSSR count). The number of aromatic nitrogens is 1. The van der Waals surface area contributed by atoms with Crippen molar-refractivity contribution in [1.82, 2.24) is 25.8 Å². The highest BCUT2D eigenvalue weighted by Crippen LogP contribution is 2.13. The summed E-state index contributed by atoms with van der Waals surface area (Å²) >= 11 is 1.74. The van der Waals surface area contributed by atoms with Gasteiger partial charge in [-0.05, 0) is 25.7 Å². The number of guanidine groups is 1. The van der Waals surface area contributed by atoms with E-state index in [1.54, 1.807) is 18.4 Å². The SMILES string of the molecule is CCCNC(=O)CN1CCC(NC(=NC)NCc2ncc(CC)s2)CC1. The summed E-state index contributed by atoms with van der Waals surface area (Å²) in [4.78, 5) is 24.1. The molecule has 1 saturated heterocycles. The lowest BCUT2D eigenvalue weighted by Gasteiger charge is -2.32. The number of rotatable bonds is 8. The summed E-state index contributed by atoms with van der Waals surface area (Å²) in [5, 5.41) is 10.9.